The van der Waals surface area contributed by atoms with Gasteiger partial charge in [-0.2, -0.15) is 12.2 Å². The molecule has 96 valence electrons. The summed E-state index contributed by atoms with van der Waals surface area (Å²) in [5.41, 5.74) is 0. The molecule has 2 aliphatic rings. The van der Waals surface area contributed by atoms with Crippen LogP contribution in [0.2, 0.25) is 0 Å². The molecule has 3 rings (SSSR count). The van der Waals surface area contributed by atoms with E-state index >= 15 is 0 Å². The molecule has 2 aliphatic carbocycles. The van der Waals surface area contributed by atoms with Crippen molar-refractivity contribution in [2.45, 2.75) is 12.8 Å². The van der Waals surface area contributed by atoms with Gasteiger partial charge in [-0.15, -0.1) is 12.8 Å². The van der Waals surface area contributed by atoms with Gasteiger partial charge in [-0.25, -0.2) is 24.3 Å². The fraction of sp³-hybridized carbons (Fsp3) is 0.125. The van der Waals surface area contributed by atoms with Gasteiger partial charge in [-0.05, 0) is 12.1 Å². The molecule has 0 bridgehead atoms. The zero-order chi connectivity index (χ0) is 12.9. The fourth-order valence-corrected chi connectivity index (χ4v) is 1.26. The number of benzene rings is 1. The smallest absolute Gasteiger partial charge is 0.386 e. The van der Waals surface area contributed by atoms with E-state index in [1.807, 2.05) is 42.5 Å². The minimum absolute atomic E-state index is 0. The van der Waals surface area contributed by atoms with E-state index in [-0.39, 0.29) is 26.2 Å². The maximum atomic E-state index is 5.03. The van der Waals surface area contributed by atoms with Crippen molar-refractivity contribution in [1.82, 2.24) is 0 Å². The van der Waals surface area contributed by atoms with Gasteiger partial charge in [0.2, 0.25) is 0 Å². The van der Waals surface area contributed by atoms with Crippen LogP contribution in [0.25, 0.3) is 0 Å². The summed E-state index contributed by atoms with van der Waals surface area (Å²) < 4.78 is 4.39. The summed E-state index contributed by atoms with van der Waals surface area (Å²) in [6.45, 7) is 0. The number of halogens is 1. The first-order valence-electron chi connectivity index (χ1n) is 5.70. The molecular weight excluding hydrogens is 335 g/mol. The minimum atomic E-state index is 0. The van der Waals surface area contributed by atoms with Crippen molar-refractivity contribution in [1.29, 1.82) is 0 Å². The van der Waals surface area contributed by atoms with Gasteiger partial charge in [-0.3, -0.25) is 12.2 Å². The normalized spacial score (nSPS) is 12.9. The second-order valence-electron chi connectivity index (χ2n) is 3.40. The van der Waals surface area contributed by atoms with Crippen molar-refractivity contribution in [3.8, 4) is 5.75 Å². The SMILES string of the molecule is ClOc1ccccc1.[C-]1=CC=CC1.[C-]1=CC=CC1.[Zr+2]. The zero-order valence-corrected chi connectivity index (χ0v) is 13.8. The molecule has 0 heterocycles. The van der Waals surface area contributed by atoms with Gasteiger partial charge in [0.1, 0.15) is 17.6 Å². The van der Waals surface area contributed by atoms with Gasteiger partial charge in [0.05, 0.1) is 0 Å². The molecule has 0 saturated carbocycles. The quantitative estimate of drug-likeness (QED) is 0.660. The first-order chi connectivity index (χ1) is 8.93. The molecule has 0 N–H and O–H groups in total. The van der Waals surface area contributed by atoms with E-state index in [0.717, 1.165) is 12.8 Å². The van der Waals surface area contributed by atoms with Crippen LogP contribution in [0.1, 0.15) is 12.8 Å². The van der Waals surface area contributed by atoms with E-state index in [1.165, 1.54) is 0 Å². The number of rotatable bonds is 1. The van der Waals surface area contributed by atoms with Gasteiger partial charge in [0.15, 0.2) is 0 Å². The Morgan fingerprint density at radius 1 is 0.895 bits per heavy atom. The van der Waals surface area contributed by atoms with Gasteiger partial charge >= 0.3 is 26.2 Å². The maximum Gasteiger partial charge on any atom is 2.00 e. The third-order valence-corrected chi connectivity index (χ3v) is 2.18. The number of hydrogen-bond donors (Lipinski definition) is 0. The molecule has 0 amide bonds. The zero-order valence-electron chi connectivity index (χ0n) is 10.6. The molecule has 0 saturated heterocycles. The van der Waals surface area contributed by atoms with E-state index in [4.69, 9.17) is 11.9 Å². The van der Waals surface area contributed by atoms with Gasteiger partial charge in [-0.1, -0.05) is 18.2 Å². The Kier molecular flexibility index (Phi) is 13.0. The van der Waals surface area contributed by atoms with Crippen LogP contribution >= 0.6 is 11.9 Å². The summed E-state index contributed by atoms with van der Waals surface area (Å²) in [4.78, 5) is 0. The maximum absolute atomic E-state index is 5.03. The molecular formula is C16H15ClOZr. The molecule has 0 spiro atoms. The van der Waals surface area contributed by atoms with Crippen molar-refractivity contribution >= 4 is 11.9 Å². The Hall–Kier alpha value is -0.847. The second-order valence-corrected chi connectivity index (χ2v) is 3.55. The molecule has 0 fully saturated rings. The number of allylic oxidation sites excluding steroid dienone is 8. The predicted octanol–water partition coefficient (Wildman–Crippen LogP) is 4.83. The third-order valence-electron chi connectivity index (χ3n) is 2.00. The monoisotopic (exact) mass is 348 g/mol. The fourth-order valence-electron chi connectivity index (χ4n) is 1.15. The summed E-state index contributed by atoms with van der Waals surface area (Å²) in [7, 11) is 0. The summed E-state index contributed by atoms with van der Waals surface area (Å²) in [6, 6.07) is 9.19. The Labute approximate surface area is 139 Å². The van der Waals surface area contributed by atoms with Crippen LogP contribution in [-0.2, 0) is 26.2 Å². The molecule has 0 aliphatic heterocycles. The first kappa shape index (κ1) is 18.2. The average molecular weight is 350 g/mol. The van der Waals surface area contributed by atoms with Gasteiger partial charge in [0.25, 0.3) is 0 Å². The Bertz CT molecular complexity index is 380. The molecule has 0 radical (unpaired) electrons. The molecule has 19 heavy (non-hydrogen) atoms. The average Bonchev–Trinajstić information content (AvgIpc) is 3.17. The molecule has 3 heteroatoms. The van der Waals surface area contributed by atoms with Gasteiger partial charge < -0.3 is 4.29 Å². The predicted molar refractivity (Wildman–Crippen MR) is 76.1 cm³/mol. The molecule has 0 aromatic heterocycles. The standard InChI is InChI=1S/C6H5ClO.2C5H5.Zr/c7-8-6-4-2-1-3-5-6;2*1-2-4-5-3-1;/h1-5H;2*1-3H,4H2;/q;2*-1;+2. The van der Waals surface area contributed by atoms with Crippen LogP contribution in [0, 0.1) is 12.2 Å². The van der Waals surface area contributed by atoms with Crippen LogP contribution in [-0.4, -0.2) is 0 Å². The number of para-hydroxylation sites is 1. The van der Waals surface area contributed by atoms with Crippen LogP contribution in [0.15, 0.2) is 66.8 Å². The van der Waals surface area contributed by atoms with E-state index in [0.29, 0.717) is 5.75 Å². The molecule has 1 aromatic carbocycles. The van der Waals surface area contributed by atoms with Gasteiger partial charge in [0, 0.05) is 0 Å². The largest absolute Gasteiger partial charge is 2.00 e. The van der Waals surface area contributed by atoms with E-state index in [1.54, 1.807) is 12.1 Å². The van der Waals surface area contributed by atoms with Crippen LogP contribution < -0.4 is 4.29 Å². The minimum Gasteiger partial charge on any atom is -0.386 e. The van der Waals surface area contributed by atoms with Crippen LogP contribution in [0.4, 0.5) is 0 Å². The second kappa shape index (κ2) is 13.6. The Morgan fingerprint density at radius 2 is 1.42 bits per heavy atom. The Morgan fingerprint density at radius 3 is 1.63 bits per heavy atom. The summed E-state index contributed by atoms with van der Waals surface area (Å²) in [5.74, 6) is 0.675. The summed E-state index contributed by atoms with van der Waals surface area (Å²) in [5, 5.41) is 0. The molecule has 1 nitrogen and oxygen atoms in total. The van der Waals surface area contributed by atoms with Crippen molar-refractivity contribution in [3.63, 3.8) is 0 Å². The third kappa shape index (κ3) is 10.7. The Balaban J connectivity index is 0.000000259. The van der Waals surface area contributed by atoms with Crippen molar-refractivity contribution in [3.05, 3.63) is 78.9 Å². The topological polar surface area (TPSA) is 9.23 Å². The van der Waals surface area contributed by atoms with E-state index in [9.17, 15) is 0 Å². The molecule has 0 unspecified atom stereocenters. The first-order valence-corrected chi connectivity index (χ1v) is 6.01. The van der Waals surface area contributed by atoms with Crippen molar-refractivity contribution < 1.29 is 30.5 Å². The summed E-state index contributed by atoms with van der Waals surface area (Å²) >= 11 is 5.03. The summed E-state index contributed by atoms with van der Waals surface area (Å²) in [6.07, 6.45) is 20.0. The van der Waals surface area contributed by atoms with Crippen molar-refractivity contribution in [2.24, 2.45) is 0 Å². The molecule has 1 aromatic rings. The van der Waals surface area contributed by atoms with Crippen molar-refractivity contribution in [2.75, 3.05) is 0 Å². The van der Waals surface area contributed by atoms with Crippen LogP contribution in [0.5, 0.6) is 5.75 Å². The number of hydrogen-bond acceptors (Lipinski definition) is 1. The molecule has 0 atom stereocenters. The van der Waals surface area contributed by atoms with Crippen LogP contribution in [0.3, 0.4) is 0 Å². The van der Waals surface area contributed by atoms with E-state index < -0.39 is 0 Å². The van der Waals surface area contributed by atoms with E-state index in [2.05, 4.69) is 28.6 Å².